The average molecular weight is 428 g/mol. The first kappa shape index (κ1) is 26.0. The Morgan fingerprint density at radius 2 is 1.96 bits per heavy atom. The summed E-state index contributed by atoms with van der Waals surface area (Å²) in [5, 5.41) is 15.1. The fraction of sp³-hybridized carbons (Fsp3) is 0.786. The molecule has 13 heteroatoms. The lowest BCUT2D eigenvalue weighted by Crippen LogP contribution is -2.46. The zero-order valence-corrected chi connectivity index (χ0v) is 17.0. The highest BCUT2D eigenvalue weighted by Gasteiger charge is 2.35. The highest BCUT2D eigenvalue weighted by Crippen LogP contribution is 2.40. The Labute approximate surface area is 163 Å². The number of amides is 2. The Morgan fingerprint density at radius 1 is 1.33 bits per heavy atom. The van der Waals surface area contributed by atoms with Gasteiger partial charge in [0.25, 0.3) is 7.82 Å². The molecule has 27 heavy (non-hydrogen) atoms. The standard InChI is InChI=1S/C14H28N3O8PS/c1-14(2,9-25-26(22,23)24-8-10(15)7-18)12(20)13(21)17-4-3-11(19)16-5-6-27/h7,10,12,20,27H,3-6,8-9,15H2,1-2H3,(H,16,19)(H,17,21)(H,22,23)/p-1. The van der Waals surface area contributed by atoms with E-state index in [2.05, 4.69) is 32.3 Å². The molecule has 0 aromatic heterocycles. The zero-order valence-electron chi connectivity index (χ0n) is 15.3. The Balaban J connectivity index is 4.42. The van der Waals surface area contributed by atoms with Crippen LogP contribution in [-0.2, 0) is 28.0 Å². The van der Waals surface area contributed by atoms with Gasteiger partial charge in [0.2, 0.25) is 11.8 Å². The molecule has 0 radical (unpaired) electrons. The topological polar surface area (TPSA) is 180 Å². The predicted octanol–water partition coefficient (Wildman–Crippen LogP) is -2.05. The van der Waals surface area contributed by atoms with Crippen molar-refractivity contribution in [3.63, 3.8) is 0 Å². The van der Waals surface area contributed by atoms with E-state index in [4.69, 9.17) is 5.73 Å². The minimum Gasteiger partial charge on any atom is -0.756 e. The summed E-state index contributed by atoms with van der Waals surface area (Å²) in [7, 11) is -4.76. The number of phosphoric acid groups is 1. The Morgan fingerprint density at radius 3 is 2.52 bits per heavy atom. The van der Waals surface area contributed by atoms with Gasteiger partial charge in [-0.1, -0.05) is 13.8 Å². The van der Waals surface area contributed by atoms with E-state index in [9.17, 15) is 28.9 Å². The van der Waals surface area contributed by atoms with Crippen molar-refractivity contribution in [3.8, 4) is 0 Å². The fourth-order valence-electron chi connectivity index (χ4n) is 1.61. The van der Waals surface area contributed by atoms with Gasteiger partial charge in [-0.15, -0.1) is 0 Å². The molecule has 2 amide bonds. The average Bonchev–Trinajstić information content (AvgIpc) is 2.62. The summed E-state index contributed by atoms with van der Waals surface area (Å²) in [6, 6.07) is -1.12. The van der Waals surface area contributed by atoms with Gasteiger partial charge in [-0.2, -0.15) is 12.6 Å². The SMILES string of the molecule is CC(C)(COP(=O)([O-])OCC(N)C=O)C(O)C(=O)NCCC(=O)NCCS. The van der Waals surface area contributed by atoms with E-state index in [1.807, 2.05) is 0 Å². The van der Waals surface area contributed by atoms with Gasteiger partial charge in [-0.3, -0.25) is 14.2 Å². The van der Waals surface area contributed by atoms with Crippen molar-refractivity contribution in [2.75, 3.05) is 32.1 Å². The molecule has 0 aromatic carbocycles. The molecular weight excluding hydrogens is 401 g/mol. The molecule has 5 N–H and O–H groups in total. The van der Waals surface area contributed by atoms with E-state index in [0.717, 1.165) is 0 Å². The number of rotatable bonds is 14. The fourth-order valence-corrected chi connectivity index (χ4v) is 2.64. The number of thiol groups is 1. The van der Waals surface area contributed by atoms with Crippen LogP contribution in [0.15, 0.2) is 0 Å². The minimum absolute atomic E-state index is 0.00201. The predicted molar refractivity (Wildman–Crippen MR) is 97.8 cm³/mol. The Bertz CT molecular complexity index is 548. The quantitative estimate of drug-likeness (QED) is 0.118. The number of aliphatic hydroxyl groups excluding tert-OH is 1. The van der Waals surface area contributed by atoms with E-state index >= 15 is 0 Å². The van der Waals surface area contributed by atoms with Crippen LogP contribution in [0.3, 0.4) is 0 Å². The number of carbonyl (C=O) groups excluding carboxylic acids is 3. The largest absolute Gasteiger partial charge is 0.756 e. The second-order valence-corrected chi connectivity index (χ2v) is 8.18. The molecule has 0 saturated carbocycles. The first-order chi connectivity index (χ1) is 12.4. The van der Waals surface area contributed by atoms with Crippen molar-refractivity contribution >= 4 is 38.6 Å². The highest BCUT2D eigenvalue weighted by molar-refractivity contribution is 7.80. The normalized spacial score (nSPS) is 16.1. The number of hydrogen-bond acceptors (Lipinski definition) is 10. The number of aliphatic hydroxyl groups is 1. The van der Waals surface area contributed by atoms with Gasteiger partial charge in [-0.25, -0.2) is 0 Å². The smallest absolute Gasteiger partial charge is 0.267 e. The van der Waals surface area contributed by atoms with Gasteiger partial charge < -0.3 is 40.2 Å². The Kier molecular flexibility index (Phi) is 12.0. The van der Waals surface area contributed by atoms with Gasteiger partial charge in [0.15, 0.2) is 0 Å². The molecule has 0 aromatic rings. The van der Waals surface area contributed by atoms with Gasteiger partial charge in [0, 0.05) is 30.7 Å². The van der Waals surface area contributed by atoms with Crippen molar-refractivity contribution in [1.82, 2.24) is 10.6 Å². The summed E-state index contributed by atoms with van der Waals surface area (Å²) in [4.78, 5) is 45.3. The van der Waals surface area contributed by atoms with Crippen molar-refractivity contribution in [2.45, 2.75) is 32.4 Å². The van der Waals surface area contributed by atoms with E-state index in [0.29, 0.717) is 18.6 Å². The van der Waals surface area contributed by atoms with E-state index in [-0.39, 0.29) is 18.9 Å². The second kappa shape index (κ2) is 12.4. The molecule has 0 fully saturated rings. The van der Waals surface area contributed by atoms with Crippen LogP contribution in [0, 0.1) is 5.41 Å². The maximum atomic E-state index is 12.0. The van der Waals surface area contributed by atoms with Crippen LogP contribution in [-0.4, -0.2) is 67.4 Å². The van der Waals surface area contributed by atoms with E-state index in [1.54, 1.807) is 0 Å². The molecule has 0 heterocycles. The van der Waals surface area contributed by atoms with Gasteiger partial charge in [-0.05, 0) is 0 Å². The highest BCUT2D eigenvalue weighted by atomic mass is 32.1. The molecule has 0 aliphatic rings. The molecule has 0 bridgehead atoms. The number of carbonyl (C=O) groups is 3. The van der Waals surface area contributed by atoms with Crippen LogP contribution < -0.4 is 21.3 Å². The third kappa shape index (κ3) is 11.4. The maximum absolute atomic E-state index is 12.0. The van der Waals surface area contributed by atoms with Crippen LogP contribution in [0.1, 0.15) is 20.3 Å². The lowest BCUT2D eigenvalue weighted by molar-refractivity contribution is -0.228. The summed E-state index contributed by atoms with van der Waals surface area (Å²) in [6.45, 7) is 2.09. The van der Waals surface area contributed by atoms with Crippen LogP contribution in [0.2, 0.25) is 0 Å². The third-order valence-corrected chi connectivity index (χ3v) is 4.40. The molecule has 0 spiro atoms. The lowest BCUT2D eigenvalue weighted by atomic mass is 9.87. The van der Waals surface area contributed by atoms with Crippen LogP contribution in [0.25, 0.3) is 0 Å². The summed E-state index contributed by atoms with van der Waals surface area (Å²) in [6.07, 6.45) is -1.27. The molecule has 0 saturated heterocycles. The molecule has 0 aliphatic carbocycles. The molecule has 158 valence electrons. The van der Waals surface area contributed by atoms with Gasteiger partial charge >= 0.3 is 0 Å². The number of hydrogen-bond donors (Lipinski definition) is 5. The summed E-state index contributed by atoms with van der Waals surface area (Å²) in [5.74, 6) is -0.575. The van der Waals surface area contributed by atoms with Crippen molar-refractivity contribution in [2.24, 2.45) is 11.1 Å². The maximum Gasteiger partial charge on any atom is 0.267 e. The number of aldehydes is 1. The molecule has 0 rings (SSSR count). The minimum atomic E-state index is -4.76. The molecule has 3 unspecified atom stereocenters. The monoisotopic (exact) mass is 428 g/mol. The van der Waals surface area contributed by atoms with Crippen molar-refractivity contribution < 1.29 is 38.0 Å². The van der Waals surface area contributed by atoms with Crippen LogP contribution in [0.5, 0.6) is 0 Å². The Hall–Kier alpha value is -1.01. The van der Waals surface area contributed by atoms with Gasteiger partial charge in [0.1, 0.15) is 12.4 Å². The molecule has 3 atom stereocenters. The number of nitrogens with one attached hydrogen (secondary N) is 2. The van der Waals surface area contributed by atoms with Gasteiger partial charge in [0.05, 0.1) is 19.3 Å². The molecule has 0 aliphatic heterocycles. The molecular formula is C14H27N3O8PS-. The van der Waals surface area contributed by atoms with Crippen molar-refractivity contribution in [1.29, 1.82) is 0 Å². The third-order valence-electron chi connectivity index (χ3n) is 3.27. The summed E-state index contributed by atoms with van der Waals surface area (Å²) >= 11 is 3.94. The number of phosphoric ester groups is 1. The first-order valence-electron chi connectivity index (χ1n) is 8.09. The van der Waals surface area contributed by atoms with Crippen LogP contribution in [0.4, 0.5) is 0 Å². The number of nitrogens with two attached hydrogens (primary N) is 1. The summed E-state index contributed by atoms with van der Waals surface area (Å²) in [5.41, 5.74) is 3.93. The first-order valence-corrected chi connectivity index (χ1v) is 10.2. The lowest BCUT2D eigenvalue weighted by Gasteiger charge is -2.32. The van der Waals surface area contributed by atoms with E-state index in [1.165, 1.54) is 13.8 Å². The van der Waals surface area contributed by atoms with E-state index < -0.39 is 44.5 Å². The zero-order chi connectivity index (χ0) is 21.1. The second-order valence-electron chi connectivity index (χ2n) is 6.32. The van der Waals surface area contributed by atoms with Crippen LogP contribution >= 0.6 is 20.5 Å². The summed E-state index contributed by atoms with van der Waals surface area (Å²) < 4.78 is 20.7. The molecule has 11 nitrogen and oxygen atoms in total. The van der Waals surface area contributed by atoms with Crippen molar-refractivity contribution in [3.05, 3.63) is 0 Å².